The van der Waals surface area contributed by atoms with Gasteiger partial charge in [-0.25, -0.2) is 15.6 Å². The van der Waals surface area contributed by atoms with Gasteiger partial charge >= 0.3 is 6.09 Å². The van der Waals surface area contributed by atoms with Gasteiger partial charge in [-0.15, -0.1) is 0 Å². The van der Waals surface area contributed by atoms with Crippen molar-refractivity contribution in [3.63, 3.8) is 0 Å². The quantitative estimate of drug-likeness (QED) is 0.413. The first-order chi connectivity index (χ1) is 8.27. The molecule has 0 aliphatic heterocycles. The minimum atomic E-state index is -1.14. The van der Waals surface area contributed by atoms with E-state index in [4.69, 9.17) is 5.84 Å². The number of nitrogens with one attached hydrogen (secondary N) is 1. The van der Waals surface area contributed by atoms with Crippen LogP contribution in [0.3, 0.4) is 0 Å². The lowest BCUT2D eigenvalue weighted by Crippen LogP contribution is -2.45. The maximum absolute atomic E-state index is 11.4. The Morgan fingerprint density at radius 3 is 2.50 bits per heavy atom. The molecule has 0 spiro atoms. The highest BCUT2D eigenvalue weighted by Crippen LogP contribution is 2.22. The molecule has 0 aliphatic rings. The number of carbonyl (C=O) groups excluding carboxylic acids is 1. The van der Waals surface area contributed by atoms with Gasteiger partial charge in [0, 0.05) is 17.3 Å². The monoisotopic (exact) mass is 252 g/mol. The molecule has 0 atom stereocenters. The largest absolute Gasteiger partial charge is 0.465 e. The topological polar surface area (TPSA) is 109 Å². The predicted octanol–water partition coefficient (Wildman–Crippen LogP) is 0.968. The fourth-order valence-electron chi connectivity index (χ4n) is 1.49. The summed E-state index contributed by atoms with van der Waals surface area (Å²) in [6, 6.07) is 2.83. The van der Waals surface area contributed by atoms with Crippen molar-refractivity contribution in [1.29, 1.82) is 0 Å². The van der Waals surface area contributed by atoms with E-state index < -0.39 is 17.5 Å². The van der Waals surface area contributed by atoms with Crippen molar-refractivity contribution in [3.05, 3.63) is 23.9 Å². The van der Waals surface area contributed by atoms with Crippen LogP contribution < -0.4 is 16.2 Å². The Balaban J connectivity index is 3.22. The Hall–Kier alpha value is -2.15. The number of nitrogen functional groups attached to an aromatic ring is 1. The van der Waals surface area contributed by atoms with E-state index in [1.165, 1.54) is 18.3 Å². The molecule has 0 aromatic carbocycles. The Labute approximate surface area is 105 Å². The Kier molecular flexibility index (Phi) is 3.87. The molecule has 0 unspecified atom stereocenters. The van der Waals surface area contributed by atoms with Crippen LogP contribution in [0.2, 0.25) is 0 Å². The lowest BCUT2D eigenvalue weighted by molar-refractivity contribution is 0.0953. The minimum absolute atomic E-state index is 0.177. The summed E-state index contributed by atoms with van der Waals surface area (Å²) in [6.45, 7) is 5.20. The first-order valence-electron chi connectivity index (χ1n) is 5.27. The van der Waals surface area contributed by atoms with Gasteiger partial charge in [-0.2, -0.15) is 0 Å². The number of amides is 2. The zero-order valence-electron chi connectivity index (χ0n) is 10.5. The summed E-state index contributed by atoms with van der Waals surface area (Å²) in [6.07, 6.45) is 0.224. The average molecular weight is 252 g/mol. The van der Waals surface area contributed by atoms with Crippen molar-refractivity contribution in [2.24, 2.45) is 5.84 Å². The fraction of sp³-hybridized carbons (Fsp3) is 0.364. The normalized spacial score (nSPS) is 10.9. The third-order valence-corrected chi connectivity index (χ3v) is 2.23. The molecule has 1 aromatic heterocycles. The summed E-state index contributed by atoms with van der Waals surface area (Å²) in [7, 11) is 0. The Morgan fingerprint density at radius 1 is 1.44 bits per heavy atom. The summed E-state index contributed by atoms with van der Waals surface area (Å²) < 4.78 is 0. The number of carboxylic acid groups (broad SMARTS) is 1. The first kappa shape index (κ1) is 13.9. The van der Waals surface area contributed by atoms with Crippen LogP contribution in [0.25, 0.3) is 0 Å². The van der Waals surface area contributed by atoms with Crippen molar-refractivity contribution < 1.29 is 14.7 Å². The third-order valence-electron chi connectivity index (χ3n) is 2.23. The van der Waals surface area contributed by atoms with Gasteiger partial charge in [0.15, 0.2) is 0 Å². The maximum Gasteiger partial charge on any atom is 0.413 e. The number of nitrogens with two attached hydrogens (primary N) is 1. The van der Waals surface area contributed by atoms with Gasteiger partial charge in [0.1, 0.15) is 5.82 Å². The van der Waals surface area contributed by atoms with E-state index in [2.05, 4.69) is 4.98 Å². The van der Waals surface area contributed by atoms with Crippen LogP contribution in [0.15, 0.2) is 18.3 Å². The van der Waals surface area contributed by atoms with Crippen molar-refractivity contribution >= 4 is 17.8 Å². The molecule has 1 rings (SSSR count). The number of nitrogens with zero attached hydrogens (tertiary/aromatic N) is 2. The van der Waals surface area contributed by atoms with Crippen LogP contribution in [0.1, 0.15) is 31.1 Å². The molecule has 7 heteroatoms. The van der Waals surface area contributed by atoms with Gasteiger partial charge in [0.25, 0.3) is 5.91 Å². The number of rotatable bonds is 2. The number of hydrogen-bond acceptors (Lipinski definition) is 4. The number of hydrogen-bond donors (Lipinski definition) is 3. The molecule has 0 radical (unpaired) electrons. The molecule has 0 fully saturated rings. The van der Waals surface area contributed by atoms with Crippen LogP contribution in [-0.4, -0.2) is 27.6 Å². The van der Waals surface area contributed by atoms with E-state index in [0.717, 1.165) is 4.90 Å². The summed E-state index contributed by atoms with van der Waals surface area (Å²) in [4.78, 5) is 27.7. The zero-order valence-corrected chi connectivity index (χ0v) is 10.5. The molecule has 2 amide bonds. The predicted molar refractivity (Wildman–Crippen MR) is 66.1 cm³/mol. The van der Waals surface area contributed by atoms with Gasteiger partial charge < -0.3 is 5.11 Å². The van der Waals surface area contributed by atoms with Crippen LogP contribution in [0, 0.1) is 0 Å². The van der Waals surface area contributed by atoms with E-state index in [1.807, 2.05) is 5.43 Å². The molecule has 0 saturated heterocycles. The molecule has 1 heterocycles. The van der Waals surface area contributed by atoms with Crippen molar-refractivity contribution in [1.82, 2.24) is 10.4 Å². The van der Waals surface area contributed by atoms with Crippen LogP contribution in [-0.2, 0) is 0 Å². The standard InChI is InChI=1S/C11H16N4O3/c1-11(2,3)15(10(17)18)8-6-7(4-5-13-8)9(16)14-12/h4-6H,12H2,1-3H3,(H,14,16)(H,17,18). The lowest BCUT2D eigenvalue weighted by Gasteiger charge is -2.32. The van der Waals surface area contributed by atoms with Crippen LogP contribution >= 0.6 is 0 Å². The van der Waals surface area contributed by atoms with E-state index >= 15 is 0 Å². The van der Waals surface area contributed by atoms with Crippen molar-refractivity contribution in [2.45, 2.75) is 26.3 Å². The molecule has 0 aliphatic carbocycles. The van der Waals surface area contributed by atoms with E-state index in [-0.39, 0.29) is 11.4 Å². The SMILES string of the molecule is CC(C)(C)N(C(=O)O)c1cc(C(=O)NN)ccn1. The smallest absolute Gasteiger partial charge is 0.413 e. The maximum atomic E-state index is 11.4. The number of aromatic nitrogens is 1. The second kappa shape index (κ2) is 5.01. The Bertz CT molecular complexity index is 468. The summed E-state index contributed by atoms with van der Waals surface area (Å²) >= 11 is 0. The van der Waals surface area contributed by atoms with Crippen LogP contribution in [0.5, 0.6) is 0 Å². The zero-order chi connectivity index (χ0) is 13.9. The Morgan fingerprint density at radius 2 is 2.06 bits per heavy atom. The van der Waals surface area contributed by atoms with E-state index in [1.54, 1.807) is 20.8 Å². The van der Waals surface area contributed by atoms with Gasteiger partial charge in [-0.05, 0) is 32.9 Å². The summed E-state index contributed by atoms with van der Waals surface area (Å²) in [5, 5.41) is 9.21. The van der Waals surface area contributed by atoms with Gasteiger partial charge in [-0.1, -0.05) is 0 Å². The number of pyridine rings is 1. The van der Waals surface area contributed by atoms with Gasteiger partial charge in [0.05, 0.1) is 0 Å². The fourth-order valence-corrected chi connectivity index (χ4v) is 1.49. The summed E-state index contributed by atoms with van der Waals surface area (Å²) in [5.74, 6) is 4.70. The highest BCUT2D eigenvalue weighted by atomic mass is 16.4. The molecule has 7 nitrogen and oxygen atoms in total. The molecular formula is C11H16N4O3. The number of anilines is 1. The average Bonchev–Trinajstić information content (AvgIpc) is 2.26. The highest BCUT2D eigenvalue weighted by Gasteiger charge is 2.29. The molecule has 98 valence electrons. The lowest BCUT2D eigenvalue weighted by atomic mass is 10.1. The van der Waals surface area contributed by atoms with E-state index in [9.17, 15) is 14.7 Å². The molecular weight excluding hydrogens is 236 g/mol. The second-order valence-electron chi connectivity index (χ2n) is 4.66. The third kappa shape index (κ3) is 2.95. The second-order valence-corrected chi connectivity index (χ2v) is 4.66. The minimum Gasteiger partial charge on any atom is -0.465 e. The molecule has 1 aromatic rings. The number of hydrazine groups is 1. The van der Waals surface area contributed by atoms with Crippen LogP contribution in [0.4, 0.5) is 10.6 Å². The van der Waals surface area contributed by atoms with E-state index in [0.29, 0.717) is 0 Å². The molecule has 0 bridgehead atoms. The van der Waals surface area contributed by atoms with Gasteiger partial charge in [0.2, 0.25) is 0 Å². The number of carbonyl (C=O) groups is 2. The molecule has 0 saturated carbocycles. The summed E-state index contributed by atoms with van der Waals surface area (Å²) in [5.41, 5.74) is 1.56. The molecule has 18 heavy (non-hydrogen) atoms. The van der Waals surface area contributed by atoms with Crippen molar-refractivity contribution in [3.8, 4) is 0 Å². The highest BCUT2D eigenvalue weighted by molar-refractivity contribution is 5.95. The first-order valence-corrected chi connectivity index (χ1v) is 5.27. The van der Waals surface area contributed by atoms with Gasteiger partial charge in [-0.3, -0.25) is 15.1 Å². The molecule has 4 N–H and O–H groups in total. The van der Waals surface area contributed by atoms with Crippen molar-refractivity contribution in [2.75, 3.05) is 4.90 Å².